The molecule has 3 aromatic rings. The molecule has 1 aliphatic heterocycles. The van der Waals surface area contributed by atoms with Crippen LogP contribution < -0.4 is 9.64 Å². The van der Waals surface area contributed by atoms with E-state index in [0.717, 1.165) is 10.7 Å². The molecular weight excluding hydrogens is 427 g/mol. The van der Waals surface area contributed by atoms with Crippen molar-refractivity contribution in [3.05, 3.63) is 65.7 Å². The lowest BCUT2D eigenvalue weighted by Crippen LogP contribution is -2.48. The summed E-state index contributed by atoms with van der Waals surface area (Å²) in [5, 5.41) is 0.765. The van der Waals surface area contributed by atoms with Gasteiger partial charge in [0.1, 0.15) is 22.3 Å². The number of benzene rings is 2. The van der Waals surface area contributed by atoms with Crippen LogP contribution in [0.2, 0.25) is 0 Å². The zero-order valence-electron chi connectivity index (χ0n) is 16.4. The topological polar surface area (TPSA) is 75.6 Å². The average Bonchev–Trinajstić information content (AvgIpc) is 3.24. The number of hydrogen-bond acceptors (Lipinski definition) is 7. The van der Waals surface area contributed by atoms with Crippen LogP contribution in [-0.4, -0.2) is 55.4 Å². The highest BCUT2D eigenvalue weighted by Gasteiger charge is 2.31. The van der Waals surface area contributed by atoms with Crippen LogP contribution >= 0.6 is 11.5 Å². The van der Waals surface area contributed by atoms with Crippen molar-refractivity contribution in [3.8, 4) is 5.75 Å². The van der Waals surface area contributed by atoms with Crippen molar-refractivity contribution >= 4 is 26.7 Å². The smallest absolute Gasteiger partial charge is 0.246 e. The number of sulfonamides is 1. The number of halogens is 1. The van der Waals surface area contributed by atoms with E-state index in [9.17, 15) is 12.8 Å². The van der Waals surface area contributed by atoms with Gasteiger partial charge in [-0.05, 0) is 29.8 Å². The van der Waals surface area contributed by atoms with Crippen molar-refractivity contribution < 1.29 is 17.5 Å². The summed E-state index contributed by atoms with van der Waals surface area (Å²) >= 11 is 1.29. The van der Waals surface area contributed by atoms with Gasteiger partial charge >= 0.3 is 0 Å². The zero-order valence-corrected chi connectivity index (χ0v) is 18.0. The molecule has 0 atom stereocenters. The molecule has 1 aliphatic rings. The second-order valence-electron chi connectivity index (χ2n) is 6.84. The summed E-state index contributed by atoms with van der Waals surface area (Å²) in [7, 11) is -2.17. The molecule has 0 amide bonds. The molecule has 30 heavy (non-hydrogen) atoms. The van der Waals surface area contributed by atoms with Gasteiger partial charge in [-0.25, -0.2) is 17.8 Å². The number of piperazine rings is 1. The largest absolute Gasteiger partial charge is 0.495 e. The van der Waals surface area contributed by atoms with E-state index in [1.165, 1.54) is 35.1 Å². The third kappa shape index (κ3) is 4.30. The van der Waals surface area contributed by atoms with E-state index in [4.69, 9.17) is 4.74 Å². The minimum absolute atomic E-state index is 0.179. The second kappa shape index (κ2) is 8.66. The van der Waals surface area contributed by atoms with Gasteiger partial charge in [-0.1, -0.05) is 24.3 Å². The predicted octanol–water partition coefficient (Wildman–Crippen LogP) is 2.79. The van der Waals surface area contributed by atoms with Crippen LogP contribution in [0.1, 0.15) is 11.4 Å². The number of ether oxygens (including phenoxy) is 1. The molecule has 0 bridgehead atoms. The highest BCUT2D eigenvalue weighted by atomic mass is 32.2. The van der Waals surface area contributed by atoms with E-state index < -0.39 is 10.0 Å². The normalized spacial score (nSPS) is 15.3. The quantitative estimate of drug-likeness (QED) is 0.577. The van der Waals surface area contributed by atoms with Crippen molar-refractivity contribution in [1.29, 1.82) is 0 Å². The van der Waals surface area contributed by atoms with Gasteiger partial charge in [0.15, 0.2) is 0 Å². The Hall–Kier alpha value is -2.56. The molecule has 0 saturated carbocycles. The molecule has 0 aliphatic carbocycles. The van der Waals surface area contributed by atoms with Gasteiger partial charge in [-0.15, -0.1) is 0 Å². The summed E-state index contributed by atoms with van der Waals surface area (Å²) in [6.45, 7) is 1.76. The molecular formula is C20H21FN4O3S2. The number of hydrogen-bond donors (Lipinski definition) is 0. The Kier molecular flexibility index (Phi) is 5.98. The van der Waals surface area contributed by atoms with Crippen molar-refractivity contribution in [2.24, 2.45) is 0 Å². The highest BCUT2D eigenvalue weighted by molar-refractivity contribution is 7.89. The molecule has 7 nitrogen and oxygen atoms in total. The third-order valence-corrected chi connectivity index (χ3v) is 7.68. The van der Waals surface area contributed by atoms with E-state index in [-0.39, 0.29) is 10.7 Å². The fraction of sp³-hybridized carbons (Fsp3) is 0.300. The van der Waals surface area contributed by atoms with Gasteiger partial charge in [0.05, 0.1) is 7.11 Å². The predicted molar refractivity (Wildman–Crippen MR) is 113 cm³/mol. The molecule has 0 spiro atoms. The maximum Gasteiger partial charge on any atom is 0.246 e. The molecule has 4 rings (SSSR count). The maximum atomic E-state index is 13.0. The fourth-order valence-electron chi connectivity index (χ4n) is 3.32. The Balaban J connectivity index is 1.41. The number of methoxy groups -OCH3 is 1. The van der Waals surface area contributed by atoms with Crippen LogP contribution in [0.25, 0.3) is 0 Å². The number of anilines is 1. The SMILES string of the molecule is COc1ccccc1S(=O)(=O)N1CCN(c2nc(Cc3ccc(F)cc3)ns2)CC1. The van der Waals surface area contributed by atoms with E-state index in [2.05, 4.69) is 9.36 Å². The lowest BCUT2D eigenvalue weighted by molar-refractivity contribution is 0.374. The van der Waals surface area contributed by atoms with Crippen LogP contribution in [0.4, 0.5) is 9.52 Å². The zero-order chi connectivity index (χ0) is 21.1. The summed E-state index contributed by atoms with van der Waals surface area (Å²) in [6.07, 6.45) is 0.527. The maximum absolute atomic E-state index is 13.0. The molecule has 0 unspecified atom stereocenters. The van der Waals surface area contributed by atoms with E-state index in [1.54, 1.807) is 36.4 Å². The van der Waals surface area contributed by atoms with Gasteiger partial charge in [0.25, 0.3) is 0 Å². The average molecular weight is 449 g/mol. The molecule has 10 heteroatoms. The first-order chi connectivity index (χ1) is 14.5. The molecule has 1 aromatic heterocycles. The first-order valence-corrected chi connectivity index (χ1v) is 11.6. The summed E-state index contributed by atoms with van der Waals surface area (Å²) in [4.78, 5) is 6.80. The third-order valence-electron chi connectivity index (χ3n) is 4.93. The summed E-state index contributed by atoms with van der Waals surface area (Å²) in [5.41, 5.74) is 0.938. The molecule has 2 aromatic carbocycles. The van der Waals surface area contributed by atoms with Crippen molar-refractivity contribution in [1.82, 2.24) is 13.7 Å². The van der Waals surface area contributed by atoms with E-state index in [1.807, 2.05) is 4.90 Å². The fourth-order valence-corrected chi connectivity index (χ4v) is 5.64. The van der Waals surface area contributed by atoms with E-state index >= 15 is 0 Å². The Labute approximate surface area is 179 Å². The number of nitrogens with zero attached hydrogens (tertiary/aromatic N) is 4. The van der Waals surface area contributed by atoms with E-state index in [0.29, 0.717) is 44.2 Å². The van der Waals surface area contributed by atoms with Crippen LogP contribution in [0, 0.1) is 5.82 Å². The van der Waals surface area contributed by atoms with Crippen molar-refractivity contribution in [2.75, 3.05) is 38.2 Å². The Morgan fingerprint density at radius 1 is 1.07 bits per heavy atom. The van der Waals surface area contributed by atoms with Gasteiger partial charge < -0.3 is 9.64 Å². The minimum Gasteiger partial charge on any atom is -0.495 e. The van der Waals surface area contributed by atoms with Crippen LogP contribution in [0.3, 0.4) is 0 Å². The van der Waals surface area contributed by atoms with Crippen LogP contribution in [-0.2, 0) is 16.4 Å². The van der Waals surface area contributed by atoms with Gasteiger partial charge in [0.2, 0.25) is 15.2 Å². The van der Waals surface area contributed by atoms with Gasteiger partial charge in [-0.2, -0.15) is 8.68 Å². The standard InChI is InChI=1S/C20H21FN4O3S2/c1-28-17-4-2-3-5-18(17)30(26,27)25-12-10-24(11-13-25)20-22-19(23-29-20)14-15-6-8-16(21)9-7-15/h2-9H,10-14H2,1H3. The number of aromatic nitrogens is 2. The highest BCUT2D eigenvalue weighted by Crippen LogP contribution is 2.28. The van der Waals surface area contributed by atoms with Gasteiger partial charge in [-0.3, -0.25) is 0 Å². The second-order valence-corrected chi connectivity index (χ2v) is 9.48. The minimum atomic E-state index is -3.63. The molecule has 0 N–H and O–H groups in total. The molecule has 2 heterocycles. The Morgan fingerprint density at radius 2 is 1.77 bits per heavy atom. The molecule has 1 fully saturated rings. The number of para-hydroxylation sites is 1. The number of rotatable bonds is 6. The van der Waals surface area contributed by atoms with Crippen molar-refractivity contribution in [2.45, 2.75) is 11.3 Å². The molecule has 0 radical (unpaired) electrons. The summed E-state index contributed by atoms with van der Waals surface area (Å²) < 4.78 is 50.2. The Morgan fingerprint density at radius 3 is 2.47 bits per heavy atom. The summed E-state index contributed by atoms with van der Waals surface area (Å²) in [6, 6.07) is 12.9. The monoisotopic (exact) mass is 448 g/mol. The van der Waals surface area contributed by atoms with Crippen LogP contribution in [0.15, 0.2) is 53.4 Å². The molecule has 158 valence electrons. The first-order valence-electron chi connectivity index (χ1n) is 9.42. The lowest BCUT2D eigenvalue weighted by Gasteiger charge is -2.33. The summed E-state index contributed by atoms with van der Waals surface area (Å²) in [5.74, 6) is 0.742. The van der Waals surface area contributed by atoms with Crippen LogP contribution in [0.5, 0.6) is 5.75 Å². The Bertz CT molecular complexity index is 1110. The van der Waals surface area contributed by atoms with Crippen molar-refractivity contribution in [3.63, 3.8) is 0 Å². The molecule has 1 saturated heterocycles. The lowest BCUT2D eigenvalue weighted by atomic mass is 10.1. The first kappa shape index (κ1) is 20.7. The van der Waals surface area contributed by atoms with Gasteiger partial charge in [0, 0.05) is 44.1 Å².